The number of rotatable bonds is 1. The Morgan fingerprint density at radius 2 is 2.00 bits per heavy atom. The standard InChI is InChI=1S/C10H13BO2/c11-10-9-6-2-1-5(3-6)8(9)7(4-12)13-10/h1-2,5-10,12H,3-4H2/t5-,6+,7+,8+,9+,10+/m0/s1. The van der Waals surface area contributed by atoms with Crippen LogP contribution < -0.4 is 0 Å². The summed E-state index contributed by atoms with van der Waals surface area (Å²) in [6, 6.07) is -0.151. The summed E-state index contributed by atoms with van der Waals surface area (Å²) in [6.07, 6.45) is 5.76. The van der Waals surface area contributed by atoms with Gasteiger partial charge in [0.1, 0.15) is 7.85 Å². The van der Waals surface area contributed by atoms with E-state index in [9.17, 15) is 0 Å². The molecule has 2 bridgehead atoms. The van der Waals surface area contributed by atoms with Gasteiger partial charge in [0.05, 0.1) is 12.7 Å². The maximum Gasteiger partial charge on any atom is 0.109 e. The summed E-state index contributed by atoms with van der Waals surface area (Å²) < 4.78 is 5.55. The molecule has 13 heavy (non-hydrogen) atoms. The predicted octanol–water partition coefficient (Wildman–Crippen LogP) is 0.310. The first-order chi connectivity index (χ1) is 6.31. The van der Waals surface area contributed by atoms with Crippen LogP contribution in [0.2, 0.25) is 0 Å². The van der Waals surface area contributed by atoms with Gasteiger partial charge in [-0.2, -0.15) is 0 Å². The summed E-state index contributed by atoms with van der Waals surface area (Å²) in [5.41, 5.74) is 0. The molecule has 2 fully saturated rings. The molecule has 3 aliphatic rings. The van der Waals surface area contributed by atoms with Crippen LogP contribution in [0.4, 0.5) is 0 Å². The van der Waals surface area contributed by atoms with Gasteiger partial charge in [-0.05, 0) is 30.1 Å². The molecule has 6 atom stereocenters. The molecule has 0 aromatic carbocycles. The first-order valence-electron chi connectivity index (χ1n) is 5.01. The van der Waals surface area contributed by atoms with Crippen molar-refractivity contribution in [3.63, 3.8) is 0 Å². The number of aliphatic hydroxyl groups excluding tert-OH is 1. The topological polar surface area (TPSA) is 29.5 Å². The van der Waals surface area contributed by atoms with Gasteiger partial charge in [0.25, 0.3) is 0 Å². The minimum atomic E-state index is -0.151. The van der Waals surface area contributed by atoms with E-state index >= 15 is 0 Å². The highest BCUT2D eigenvalue weighted by Crippen LogP contribution is 2.54. The Morgan fingerprint density at radius 3 is 2.69 bits per heavy atom. The molecular weight excluding hydrogens is 163 g/mol. The zero-order chi connectivity index (χ0) is 9.00. The largest absolute Gasteiger partial charge is 0.394 e. The Balaban J connectivity index is 1.92. The molecular formula is C10H13BO2. The molecule has 1 saturated carbocycles. The van der Waals surface area contributed by atoms with Crippen LogP contribution in [-0.4, -0.2) is 31.7 Å². The second kappa shape index (κ2) is 2.61. The third kappa shape index (κ3) is 0.920. The van der Waals surface area contributed by atoms with Crippen molar-refractivity contribution in [3.8, 4) is 0 Å². The van der Waals surface area contributed by atoms with Crippen LogP contribution >= 0.6 is 0 Å². The van der Waals surface area contributed by atoms with Crippen LogP contribution in [0, 0.1) is 23.7 Å². The van der Waals surface area contributed by atoms with Gasteiger partial charge in [-0.1, -0.05) is 12.2 Å². The molecule has 0 amide bonds. The minimum Gasteiger partial charge on any atom is -0.394 e. The fourth-order valence-electron chi connectivity index (χ4n) is 3.43. The van der Waals surface area contributed by atoms with Crippen LogP contribution in [0.1, 0.15) is 6.42 Å². The summed E-state index contributed by atoms with van der Waals surface area (Å²) in [4.78, 5) is 0. The van der Waals surface area contributed by atoms with Crippen molar-refractivity contribution in [2.75, 3.05) is 6.61 Å². The van der Waals surface area contributed by atoms with Crippen molar-refractivity contribution < 1.29 is 9.84 Å². The van der Waals surface area contributed by atoms with E-state index in [-0.39, 0.29) is 18.7 Å². The van der Waals surface area contributed by atoms with Crippen LogP contribution in [0.15, 0.2) is 12.2 Å². The van der Waals surface area contributed by atoms with Gasteiger partial charge in [-0.3, -0.25) is 0 Å². The second-order valence-corrected chi connectivity index (χ2v) is 4.42. The Morgan fingerprint density at radius 1 is 1.31 bits per heavy atom. The van der Waals surface area contributed by atoms with Gasteiger partial charge in [-0.25, -0.2) is 0 Å². The monoisotopic (exact) mass is 176 g/mol. The number of hydrogen-bond acceptors (Lipinski definition) is 2. The second-order valence-electron chi connectivity index (χ2n) is 4.42. The van der Waals surface area contributed by atoms with Crippen LogP contribution in [-0.2, 0) is 4.74 Å². The van der Waals surface area contributed by atoms with Crippen molar-refractivity contribution >= 4 is 7.85 Å². The molecule has 0 aromatic heterocycles. The van der Waals surface area contributed by atoms with E-state index in [0.717, 1.165) is 0 Å². The number of ether oxygens (including phenoxy) is 1. The van der Waals surface area contributed by atoms with E-state index in [4.69, 9.17) is 17.7 Å². The first-order valence-corrected chi connectivity index (χ1v) is 5.01. The van der Waals surface area contributed by atoms with Crippen LogP contribution in [0.3, 0.4) is 0 Å². The van der Waals surface area contributed by atoms with E-state index in [1.807, 2.05) is 0 Å². The molecule has 1 saturated heterocycles. The highest BCUT2D eigenvalue weighted by atomic mass is 16.5. The van der Waals surface area contributed by atoms with Crippen molar-refractivity contribution in [1.82, 2.24) is 0 Å². The summed E-state index contributed by atoms with van der Waals surface area (Å²) in [7, 11) is 5.91. The van der Waals surface area contributed by atoms with E-state index in [2.05, 4.69) is 12.2 Å². The number of fused-ring (bicyclic) bond motifs is 5. The predicted molar refractivity (Wildman–Crippen MR) is 49.2 cm³/mol. The summed E-state index contributed by atoms with van der Waals surface area (Å²) in [6.45, 7) is 0.117. The minimum absolute atomic E-state index is 0.0139. The Bertz CT molecular complexity index is 253. The van der Waals surface area contributed by atoms with E-state index in [1.165, 1.54) is 6.42 Å². The number of allylic oxidation sites excluding steroid dienone is 2. The maximum absolute atomic E-state index is 9.15. The van der Waals surface area contributed by atoms with Gasteiger partial charge in [0.15, 0.2) is 0 Å². The van der Waals surface area contributed by atoms with Crippen molar-refractivity contribution in [1.29, 1.82) is 0 Å². The molecule has 1 N–H and O–H groups in total. The molecule has 3 heteroatoms. The first kappa shape index (κ1) is 8.07. The Hall–Kier alpha value is -0.275. The molecule has 2 nitrogen and oxygen atoms in total. The molecule has 1 heterocycles. The lowest BCUT2D eigenvalue weighted by atomic mass is 9.74. The number of hydrogen-bond donors (Lipinski definition) is 1. The van der Waals surface area contributed by atoms with Crippen LogP contribution in [0.25, 0.3) is 0 Å². The summed E-state index contributed by atoms with van der Waals surface area (Å²) in [5.74, 6) is 2.17. The quantitative estimate of drug-likeness (QED) is 0.460. The Labute approximate surface area is 79.4 Å². The van der Waals surface area contributed by atoms with Gasteiger partial charge in [0, 0.05) is 6.00 Å². The number of aliphatic hydroxyl groups is 1. The van der Waals surface area contributed by atoms with Crippen molar-refractivity contribution in [2.45, 2.75) is 18.5 Å². The van der Waals surface area contributed by atoms with Crippen LogP contribution in [0.5, 0.6) is 0 Å². The summed E-state index contributed by atoms with van der Waals surface area (Å²) in [5, 5.41) is 9.15. The smallest absolute Gasteiger partial charge is 0.109 e. The van der Waals surface area contributed by atoms with Gasteiger partial charge in [0.2, 0.25) is 0 Å². The third-order valence-corrected chi connectivity index (χ3v) is 3.90. The highest BCUT2D eigenvalue weighted by Gasteiger charge is 2.54. The molecule has 1 aliphatic heterocycles. The third-order valence-electron chi connectivity index (χ3n) is 3.90. The van der Waals surface area contributed by atoms with E-state index in [0.29, 0.717) is 23.7 Å². The fourth-order valence-corrected chi connectivity index (χ4v) is 3.43. The highest BCUT2D eigenvalue weighted by molar-refractivity contribution is 6.11. The van der Waals surface area contributed by atoms with E-state index < -0.39 is 0 Å². The molecule has 2 aliphatic carbocycles. The van der Waals surface area contributed by atoms with Crippen molar-refractivity contribution in [2.24, 2.45) is 23.7 Å². The lowest BCUT2D eigenvalue weighted by Gasteiger charge is -2.23. The average molecular weight is 176 g/mol. The van der Waals surface area contributed by atoms with E-state index in [1.54, 1.807) is 0 Å². The SMILES string of the molecule is [B][C@@H]1O[C@H](CO)[C@@H]2[C@H]1[C@@H]1C=C[C@H]2C1. The molecule has 0 unspecified atom stereocenters. The van der Waals surface area contributed by atoms with Gasteiger partial charge in [-0.15, -0.1) is 0 Å². The molecule has 2 radical (unpaired) electrons. The van der Waals surface area contributed by atoms with Gasteiger partial charge < -0.3 is 9.84 Å². The molecule has 3 rings (SSSR count). The zero-order valence-corrected chi connectivity index (χ0v) is 7.47. The molecule has 0 aromatic rings. The average Bonchev–Trinajstić information content (AvgIpc) is 2.76. The normalized spacial score (nSPS) is 57.3. The molecule has 0 spiro atoms. The maximum atomic E-state index is 9.15. The fraction of sp³-hybridized carbons (Fsp3) is 0.800. The lowest BCUT2D eigenvalue weighted by molar-refractivity contribution is 0.0172. The summed E-state index contributed by atoms with van der Waals surface area (Å²) >= 11 is 0. The van der Waals surface area contributed by atoms with Crippen molar-refractivity contribution in [3.05, 3.63) is 12.2 Å². The van der Waals surface area contributed by atoms with Gasteiger partial charge >= 0.3 is 0 Å². The lowest BCUT2D eigenvalue weighted by Crippen LogP contribution is -2.27. The molecule has 68 valence electrons. The zero-order valence-electron chi connectivity index (χ0n) is 7.47. The Kier molecular flexibility index (Phi) is 1.62.